The quantitative estimate of drug-likeness (QED) is 0.612. The topological polar surface area (TPSA) is 3.24 Å². The summed E-state index contributed by atoms with van der Waals surface area (Å²) in [5.41, 5.74) is 0. The minimum atomic E-state index is 0.812. The Morgan fingerprint density at radius 1 is 1.00 bits per heavy atom. The molecule has 1 atom stereocenters. The first-order valence-electron chi connectivity index (χ1n) is 4.68. The van der Waals surface area contributed by atoms with Crippen LogP contribution in [0.25, 0.3) is 0 Å². The van der Waals surface area contributed by atoms with Gasteiger partial charge in [-0.1, -0.05) is 34.6 Å². The fraction of sp³-hybridized carbons (Fsp3) is 1.00. The Labute approximate surface area is 72.8 Å². The summed E-state index contributed by atoms with van der Waals surface area (Å²) in [6.45, 7) is 12.0. The van der Waals surface area contributed by atoms with Crippen molar-refractivity contribution in [2.24, 2.45) is 11.8 Å². The lowest BCUT2D eigenvalue weighted by molar-refractivity contribution is 0.287. The van der Waals surface area contributed by atoms with Gasteiger partial charge in [-0.25, -0.2) is 0 Å². The standard InChI is InChI=1S/C8H19N.C2H6/c1-7(2)8(3)6-9(4)5;1-2/h7-8H,6H2,1-5H3;1-2H3. The molecule has 0 fully saturated rings. The summed E-state index contributed by atoms with van der Waals surface area (Å²) in [5, 5.41) is 0. The Bertz CT molecular complexity index is 67.3. The van der Waals surface area contributed by atoms with Gasteiger partial charge in [0.15, 0.2) is 0 Å². The van der Waals surface area contributed by atoms with E-state index in [0.29, 0.717) is 0 Å². The third-order valence-corrected chi connectivity index (χ3v) is 1.79. The first-order valence-corrected chi connectivity index (χ1v) is 4.68. The minimum Gasteiger partial charge on any atom is -0.309 e. The molecule has 0 saturated heterocycles. The van der Waals surface area contributed by atoms with Crippen LogP contribution < -0.4 is 0 Å². The monoisotopic (exact) mass is 159 g/mol. The lowest BCUT2D eigenvalue weighted by Crippen LogP contribution is -2.22. The van der Waals surface area contributed by atoms with Gasteiger partial charge in [0, 0.05) is 6.54 Å². The van der Waals surface area contributed by atoms with Crippen LogP contribution in [0.2, 0.25) is 0 Å². The van der Waals surface area contributed by atoms with E-state index in [1.54, 1.807) is 0 Å². The van der Waals surface area contributed by atoms with Crippen molar-refractivity contribution in [3.8, 4) is 0 Å². The molecule has 0 bridgehead atoms. The number of hydrogen-bond acceptors (Lipinski definition) is 1. The summed E-state index contributed by atoms with van der Waals surface area (Å²) in [6.07, 6.45) is 0. The minimum absolute atomic E-state index is 0.812. The molecule has 0 aliphatic heterocycles. The molecule has 0 aliphatic carbocycles. The second kappa shape index (κ2) is 8.06. The Kier molecular flexibility index (Phi) is 9.92. The average Bonchev–Trinajstić information content (AvgIpc) is 1.90. The predicted octanol–water partition coefficient (Wildman–Crippen LogP) is 2.87. The Morgan fingerprint density at radius 3 is 1.45 bits per heavy atom. The van der Waals surface area contributed by atoms with E-state index in [1.165, 1.54) is 6.54 Å². The average molecular weight is 159 g/mol. The highest BCUT2D eigenvalue weighted by atomic mass is 15.1. The van der Waals surface area contributed by atoms with E-state index in [4.69, 9.17) is 0 Å². The Morgan fingerprint density at radius 2 is 1.36 bits per heavy atom. The number of hydrogen-bond donors (Lipinski definition) is 0. The lowest BCUT2D eigenvalue weighted by Gasteiger charge is -2.19. The van der Waals surface area contributed by atoms with E-state index in [1.807, 2.05) is 13.8 Å². The summed E-state index contributed by atoms with van der Waals surface area (Å²) in [7, 11) is 4.25. The highest BCUT2D eigenvalue weighted by Gasteiger charge is 2.06. The van der Waals surface area contributed by atoms with Crippen molar-refractivity contribution in [2.75, 3.05) is 20.6 Å². The van der Waals surface area contributed by atoms with Crippen LogP contribution >= 0.6 is 0 Å². The Hall–Kier alpha value is -0.0400. The Balaban J connectivity index is 0. The van der Waals surface area contributed by atoms with Crippen LogP contribution in [0.3, 0.4) is 0 Å². The molecule has 0 aromatic heterocycles. The zero-order chi connectivity index (χ0) is 9.44. The molecule has 0 saturated carbocycles. The maximum absolute atomic E-state index is 2.30. The molecule has 1 unspecified atom stereocenters. The van der Waals surface area contributed by atoms with Gasteiger partial charge in [0.25, 0.3) is 0 Å². The predicted molar refractivity (Wildman–Crippen MR) is 53.9 cm³/mol. The van der Waals surface area contributed by atoms with Gasteiger partial charge in [0.1, 0.15) is 0 Å². The van der Waals surface area contributed by atoms with Crippen molar-refractivity contribution in [2.45, 2.75) is 34.6 Å². The number of rotatable bonds is 3. The zero-order valence-electron chi connectivity index (χ0n) is 9.31. The van der Waals surface area contributed by atoms with Crippen LogP contribution in [0, 0.1) is 11.8 Å². The molecular weight excluding hydrogens is 134 g/mol. The van der Waals surface area contributed by atoms with E-state index in [-0.39, 0.29) is 0 Å². The molecule has 0 aliphatic rings. The molecule has 0 N–H and O–H groups in total. The smallest absolute Gasteiger partial charge is 0.000336 e. The molecule has 1 nitrogen and oxygen atoms in total. The third kappa shape index (κ3) is 9.96. The molecular formula is C10H25N. The van der Waals surface area contributed by atoms with Crippen LogP contribution in [0.4, 0.5) is 0 Å². The second-order valence-electron chi connectivity index (χ2n) is 3.48. The summed E-state index contributed by atoms with van der Waals surface area (Å²) >= 11 is 0. The second-order valence-corrected chi connectivity index (χ2v) is 3.48. The van der Waals surface area contributed by atoms with Gasteiger partial charge < -0.3 is 4.90 Å². The van der Waals surface area contributed by atoms with Crippen molar-refractivity contribution in [1.29, 1.82) is 0 Å². The van der Waals surface area contributed by atoms with Crippen molar-refractivity contribution >= 4 is 0 Å². The van der Waals surface area contributed by atoms with Gasteiger partial charge in [0.05, 0.1) is 0 Å². The maximum Gasteiger partial charge on any atom is 0.000336 e. The van der Waals surface area contributed by atoms with E-state index < -0.39 is 0 Å². The molecule has 0 aromatic rings. The first-order chi connectivity index (χ1) is 5.04. The zero-order valence-corrected chi connectivity index (χ0v) is 9.31. The maximum atomic E-state index is 2.30. The number of nitrogens with zero attached hydrogens (tertiary/aromatic N) is 1. The SMILES string of the molecule is CC.CC(C)C(C)CN(C)C. The highest BCUT2D eigenvalue weighted by Crippen LogP contribution is 2.09. The molecule has 0 spiro atoms. The van der Waals surface area contributed by atoms with Crippen LogP contribution in [0.5, 0.6) is 0 Å². The molecule has 0 amide bonds. The summed E-state index contributed by atoms with van der Waals surface area (Å²) in [4.78, 5) is 2.24. The van der Waals surface area contributed by atoms with Crippen molar-refractivity contribution in [3.63, 3.8) is 0 Å². The van der Waals surface area contributed by atoms with Gasteiger partial charge in [-0.2, -0.15) is 0 Å². The third-order valence-electron chi connectivity index (χ3n) is 1.79. The summed E-state index contributed by atoms with van der Waals surface area (Å²) in [6, 6.07) is 0. The molecule has 1 heteroatoms. The summed E-state index contributed by atoms with van der Waals surface area (Å²) < 4.78 is 0. The van der Waals surface area contributed by atoms with Crippen LogP contribution in [-0.4, -0.2) is 25.5 Å². The van der Waals surface area contributed by atoms with Gasteiger partial charge in [-0.05, 0) is 25.9 Å². The van der Waals surface area contributed by atoms with Crippen molar-refractivity contribution in [1.82, 2.24) is 4.90 Å². The fourth-order valence-electron chi connectivity index (χ4n) is 0.787. The fourth-order valence-corrected chi connectivity index (χ4v) is 0.787. The molecule has 0 heterocycles. The summed E-state index contributed by atoms with van der Waals surface area (Å²) in [5.74, 6) is 1.63. The van der Waals surface area contributed by atoms with Gasteiger partial charge in [0.2, 0.25) is 0 Å². The van der Waals surface area contributed by atoms with Crippen LogP contribution in [0.1, 0.15) is 34.6 Å². The van der Waals surface area contributed by atoms with Gasteiger partial charge >= 0.3 is 0 Å². The highest BCUT2D eigenvalue weighted by molar-refractivity contribution is 4.58. The van der Waals surface area contributed by atoms with Gasteiger partial charge in [-0.3, -0.25) is 0 Å². The van der Waals surface area contributed by atoms with E-state index in [2.05, 4.69) is 39.8 Å². The molecule has 0 radical (unpaired) electrons. The van der Waals surface area contributed by atoms with Crippen LogP contribution in [-0.2, 0) is 0 Å². The molecule has 11 heavy (non-hydrogen) atoms. The van der Waals surface area contributed by atoms with Crippen LogP contribution in [0.15, 0.2) is 0 Å². The van der Waals surface area contributed by atoms with E-state index in [0.717, 1.165) is 11.8 Å². The first kappa shape index (κ1) is 13.5. The van der Waals surface area contributed by atoms with E-state index >= 15 is 0 Å². The van der Waals surface area contributed by atoms with Gasteiger partial charge in [-0.15, -0.1) is 0 Å². The molecule has 70 valence electrons. The lowest BCUT2D eigenvalue weighted by atomic mass is 9.98. The largest absolute Gasteiger partial charge is 0.309 e. The molecule has 0 rings (SSSR count). The molecule has 0 aromatic carbocycles. The normalized spacial score (nSPS) is 12.8. The van der Waals surface area contributed by atoms with Crippen molar-refractivity contribution in [3.05, 3.63) is 0 Å². The van der Waals surface area contributed by atoms with E-state index in [9.17, 15) is 0 Å². The van der Waals surface area contributed by atoms with Crippen molar-refractivity contribution < 1.29 is 0 Å².